The second-order valence-corrected chi connectivity index (χ2v) is 5.83. The minimum Gasteiger partial charge on any atom is -0.496 e. The van der Waals surface area contributed by atoms with Crippen molar-refractivity contribution in [3.05, 3.63) is 59.9 Å². The van der Waals surface area contributed by atoms with Crippen LogP contribution >= 0.6 is 0 Å². The standard InChI is InChI=1S/C19H23N3O4/c1-26-17-9-10-20-12-15(17)13-21-19(25)22-16(7-8-18(23)24)11-14-5-3-2-4-6-14/h2-6,9-10,12,16H,7-8,11,13H2,1H3,(H,23,24)(H2,21,22,25). The van der Waals surface area contributed by atoms with Crippen LogP contribution in [0.2, 0.25) is 0 Å². The maximum absolute atomic E-state index is 12.2. The Morgan fingerprint density at radius 3 is 2.69 bits per heavy atom. The van der Waals surface area contributed by atoms with Gasteiger partial charge in [0.15, 0.2) is 0 Å². The molecule has 0 radical (unpaired) electrons. The first-order chi connectivity index (χ1) is 12.6. The van der Waals surface area contributed by atoms with Crippen LogP contribution in [0, 0.1) is 0 Å². The zero-order valence-corrected chi connectivity index (χ0v) is 14.6. The quantitative estimate of drug-likeness (QED) is 0.640. The van der Waals surface area contributed by atoms with Crippen molar-refractivity contribution < 1.29 is 19.4 Å². The van der Waals surface area contributed by atoms with Gasteiger partial charge in [-0.15, -0.1) is 0 Å². The summed E-state index contributed by atoms with van der Waals surface area (Å²) in [6, 6.07) is 10.7. The summed E-state index contributed by atoms with van der Waals surface area (Å²) >= 11 is 0. The van der Waals surface area contributed by atoms with E-state index in [9.17, 15) is 9.59 Å². The first-order valence-electron chi connectivity index (χ1n) is 8.35. The molecule has 1 aromatic carbocycles. The number of methoxy groups -OCH3 is 1. The Labute approximate surface area is 152 Å². The Morgan fingerprint density at radius 1 is 1.23 bits per heavy atom. The van der Waals surface area contributed by atoms with Gasteiger partial charge in [-0.2, -0.15) is 0 Å². The summed E-state index contributed by atoms with van der Waals surface area (Å²) in [6.07, 6.45) is 4.16. The highest BCUT2D eigenvalue weighted by molar-refractivity contribution is 5.74. The van der Waals surface area contributed by atoms with Gasteiger partial charge < -0.3 is 20.5 Å². The molecule has 26 heavy (non-hydrogen) atoms. The van der Waals surface area contributed by atoms with Crippen LogP contribution in [-0.4, -0.2) is 35.2 Å². The van der Waals surface area contributed by atoms with Crippen molar-refractivity contribution >= 4 is 12.0 Å². The van der Waals surface area contributed by atoms with Crippen molar-refractivity contribution in [1.29, 1.82) is 0 Å². The van der Waals surface area contributed by atoms with Gasteiger partial charge in [-0.25, -0.2) is 4.79 Å². The molecule has 0 spiro atoms. The Morgan fingerprint density at radius 2 is 2.00 bits per heavy atom. The van der Waals surface area contributed by atoms with E-state index in [2.05, 4.69) is 15.6 Å². The number of hydrogen-bond donors (Lipinski definition) is 3. The molecule has 138 valence electrons. The molecule has 0 aliphatic carbocycles. The number of nitrogens with one attached hydrogen (secondary N) is 2. The van der Waals surface area contributed by atoms with E-state index in [0.717, 1.165) is 11.1 Å². The van der Waals surface area contributed by atoms with Crippen LogP contribution in [0.15, 0.2) is 48.8 Å². The number of carboxylic acids is 1. The Balaban J connectivity index is 1.93. The van der Waals surface area contributed by atoms with Crippen molar-refractivity contribution in [1.82, 2.24) is 15.6 Å². The third kappa shape index (κ3) is 6.43. The zero-order valence-electron chi connectivity index (χ0n) is 14.6. The molecular weight excluding hydrogens is 334 g/mol. The molecule has 0 fully saturated rings. The number of urea groups is 1. The predicted molar refractivity (Wildman–Crippen MR) is 97.0 cm³/mol. The van der Waals surface area contributed by atoms with Crippen molar-refractivity contribution in [2.75, 3.05) is 7.11 Å². The lowest BCUT2D eigenvalue weighted by molar-refractivity contribution is -0.137. The van der Waals surface area contributed by atoms with E-state index < -0.39 is 5.97 Å². The van der Waals surface area contributed by atoms with E-state index in [0.29, 0.717) is 18.6 Å². The molecule has 3 N–H and O–H groups in total. The average Bonchev–Trinajstić information content (AvgIpc) is 2.65. The fraction of sp³-hybridized carbons (Fsp3) is 0.316. The number of amides is 2. The Hall–Kier alpha value is -3.09. The second kappa shape index (κ2) is 10.0. The highest BCUT2D eigenvalue weighted by Gasteiger charge is 2.15. The molecule has 1 unspecified atom stereocenters. The maximum Gasteiger partial charge on any atom is 0.315 e. The summed E-state index contributed by atoms with van der Waals surface area (Å²) in [5, 5.41) is 14.5. The fourth-order valence-electron chi connectivity index (χ4n) is 2.58. The number of aromatic nitrogens is 1. The van der Waals surface area contributed by atoms with Gasteiger partial charge in [0.1, 0.15) is 5.75 Å². The number of hydrogen-bond acceptors (Lipinski definition) is 4. The zero-order chi connectivity index (χ0) is 18.8. The Kier molecular flexibility index (Phi) is 7.42. The van der Waals surface area contributed by atoms with Crippen LogP contribution in [0.1, 0.15) is 24.0 Å². The molecule has 0 saturated carbocycles. The average molecular weight is 357 g/mol. The molecule has 0 aliphatic rings. The van der Waals surface area contributed by atoms with Gasteiger partial charge in [0.05, 0.1) is 7.11 Å². The third-order valence-corrected chi connectivity index (χ3v) is 3.88. The fourth-order valence-corrected chi connectivity index (χ4v) is 2.58. The molecule has 1 heterocycles. The highest BCUT2D eigenvalue weighted by Crippen LogP contribution is 2.15. The number of rotatable bonds is 9. The molecule has 0 aliphatic heterocycles. The number of ether oxygens (including phenoxy) is 1. The Bertz CT molecular complexity index is 722. The lowest BCUT2D eigenvalue weighted by atomic mass is 10.0. The number of carbonyl (C=O) groups is 2. The molecule has 7 heteroatoms. The van der Waals surface area contributed by atoms with Crippen LogP contribution in [0.5, 0.6) is 5.75 Å². The molecule has 1 atom stereocenters. The van der Waals surface area contributed by atoms with Crippen LogP contribution in [0.3, 0.4) is 0 Å². The molecular formula is C19H23N3O4. The number of benzene rings is 1. The van der Waals surface area contributed by atoms with E-state index >= 15 is 0 Å². The van der Waals surface area contributed by atoms with Gasteiger partial charge in [0, 0.05) is 37.0 Å². The second-order valence-electron chi connectivity index (χ2n) is 5.83. The van der Waals surface area contributed by atoms with E-state index in [1.165, 1.54) is 0 Å². The molecule has 2 aromatic rings. The van der Waals surface area contributed by atoms with Gasteiger partial charge in [-0.3, -0.25) is 9.78 Å². The van der Waals surface area contributed by atoms with Crippen LogP contribution in [-0.2, 0) is 17.8 Å². The minimum atomic E-state index is -0.884. The number of pyridine rings is 1. The number of carboxylic acid groups (broad SMARTS) is 1. The van der Waals surface area contributed by atoms with Gasteiger partial charge in [-0.1, -0.05) is 30.3 Å². The minimum absolute atomic E-state index is 0.00575. The van der Waals surface area contributed by atoms with Crippen LogP contribution in [0.4, 0.5) is 4.79 Å². The summed E-state index contributed by atoms with van der Waals surface area (Å²) in [7, 11) is 1.56. The summed E-state index contributed by atoms with van der Waals surface area (Å²) in [4.78, 5) is 27.1. The molecule has 2 rings (SSSR count). The SMILES string of the molecule is COc1ccncc1CNC(=O)NC(CCC(=O)O)Cc1ccccc1. The number of carbonyl (C=O) groups excluding carboxylic acids is 1. The summed E-state index contributed by atoms with van der Waals surface area (Å²) in [6.45, 7) is 0.264. The van der Waals surface area contributed by atoms with Crippen molar-refractivity contribution in [3.63, 3.8) is 0 Å². The smallest absolute Gasteiger partial charge is 0.315 e. The number of nitrogens with zero attached hydrogens (tertiary/aromatic N) is 1. The monoisotopic (exact) mass is 357 g/mol. The lowest BCUT2D eigenvalue weighted by Crippen LogP contribution is -2.43. The predicted octanol–water partition coefficient (Wildman–Crippen LogP) is 2.37. The van der Waals surface area contributed by atoms with Gasteiger partial charge in [0.2, 0.25) is 0 Å². The van der Waals surface area contributed by atoms with E-state index in [-0.39, 0.29) is 25.0 Å². The van der Waals surface area contributed by atoms with E-state index in [1.807, 2.05) is 30.3 Å². The lowest BCUT2D eigenvalue weighted by Gasteiger charge is -2.19. The van der Waals surface area contributed by atoms with Crippen LogP contribution in [0.25, 0.3) is 0 Å². The summed E-state index contributed by atoms with van der Waals surface area (Å²) in [5.74, 6) is -0.239. The molecule has 1 aromatic heterocycles. The maximum atomic E-state index is 12.2. The first kappa shape index (κ1) is 19.2. The van der Waals surface area contributed by atoms with Gasteiger partial charge in [-0.05, 0) is 24.5 Å². The van der Waals surface area contributed by atoms with Crippen molar-refractivity contribution in [3.8, 4) is 5.75 Å². The van der Waals surface area contributed by atoms with Gasteiger partial charge >= 0.3 is 12.0 Å². The first-order valence-corrected chi connectivity index (χ1v) is 8.35. The number of aliphatic carboxylic acids is 1. The van der Waals surface area contributed by atoms with Crippen molar-refractivity contribution in [2.45, 2.75) is 31.8 Å². The van der Waals surface area contributed by atoms with Gasteiger partial charge in [0.25, 0.3) is 0 Å². The molecule has 0 bridgehead atoms. The van der Waals surface area contributed by atoms with Crippen molar-refractivity contribution in [2.24, 2.45) is 0 Å². The molecule has 7 nitrogen and oxygen atoms in total. The largest absolute Gasteiger partial charge is 0.496 e. The molecule has 0 saturated heterocycles. The van der Waals surface area contributed by atoms with Crippen LogP contribution < -0.4 is 15.4 Å². The summed E-state index contributed by atoms with van der Waals surface area (Å²) in [5.41, 5.74) is 1.80. The highest BCUT2D eigenvalue weighted by atomic mass is 16.5. The summed E-state index contributed by atoms with van der Waals surface area (Å²) < 4.78 is 5.23. The topological polar surface area (TPSA) is 101 Å². The normalized spacial score (nSPS) is 11.4. The van der Waals surface area contributed by atoms with E-state index in [1.54, 1.807) is 25.6 Å². The molecule has 2 amide bonds. The van der Waals surface area contributed by atoms with E-state index in [4.69, 9.17) is 9.84 Å². The third-order valence-electron chi connectivity index (χ3n) is 3.88.